The summed E-state index contributed by atoms with van der Waals surface area (Å²) < 4.78 is 0.994. The summed E-state index contributed by atoms with van der Waals surface area (Å²) in [6, 6.07) is 0. The van der Waals surface area contributed by atoms with Gasteiger partial charge in [-0.25, -0.2) is 0 Å². The zero-order valence-electron chi connectivity index (χ0n) is 11.6. The third-order valence-corrected chi connectivity index (χ3v) is 3.93. The van der Waals surface area contributed by atoms with Gasteiger partial charge in [-0.15, -0.1) is 0 Å². The van der Waals surface area contributed by atoms with E-state index in [4.69, 9.17) is 12.2 Å². The summed E-state index contributed by atoms with van der Waals surface area (Å²) in [5.41, 5.74) is 0. The fourth-order valence-corrected chi connectivity index (χ4v) is 2.58. The van der Waals surface area contributed by atoms with E-state index >= 15 is 0 Å². The van der Waals surface area contributed by atoms with E-state index in [9.17, 15) is 0 Å². The van der Waals surface area contributed by atoms with Gasteiger partial charge in [0.05, 0.1) is 0 Å². The number of rotatable bonds is 10. The van der Waals surface area contributed by atoms with Crippen molar-refractivity contribution in [1.29, 1.82) is 0 Å². The maximum absolute atomic E-state index is 5.26. The second-order valence-corrected chi connectivity index (χ2v) is 5.96. The van der Waals surface area contributed by atoms with Crippen molar-refractivity contribution in [3.8, 4) is 0 Å². The minimum absolute atomic E-state index is 0. The fourth-order valence-electron chi connectivity index (χ4n) is 1.49. The number of thiocarbonyl (C=S) groups is 1. The SMILES string of the molecule is CCCCCCNC(=S)SCCCCCC.[Zn]. The Kier molecular flexibility index (Phi) is 20.0. The van der Waals surface area contributed by atoms with E-state index in [1.54, 1.807) is 0 Å². The van der Waals surface area contributed by atoms with Gasteiger partial charge in [0.15, 0.2) is 0 Å². The van der Waals surface area contributed by atoms with Crippen LogP contribution in [-0.4, -0.2) is 16.6 Å². The molecule has 0 spiro atoms. The number of unbranched alkanes of at least 4 members (excludes halogenated alkanes) is 6. The van der Waals surface area contributed by atoms with Gasteiger partial charge in [0.25, 0.3) is 0 Å². The molecule has 0 saturated heterocycles. The van der Waals surface area contributed by atoms with E-state index in [1.807, 2.05) is 11.8 Å². The Labute approximate surface area is 130 Å². The van der Waals surface area contributed by atoms with E-state index in [0.717, 1.165) is 10.9 Å². The number of thioether (sulfide) groups is 1. The summed E-state index contributed by atoms with van der Waals surface area (Å²) in [5, 5.41) is 3.33. The molecular weight excluding hydrogens is 300 g/mol. The van der Waals surface area contributed by atoms with Gasteiger partial charge in [0.1, 0.15) is 4.32 Å². The second kappa shape index (κ2) is 16.9. The average molecular weight is 327 g/mol. The summed E-state index contributed by atoms with van der Waals surface area (Å²) in [4.78, 5) is 0. The van der Waals surface area contributed by atoms with Crippen LogP contribution in [0.2, 0.25) is 0 Å². The predicted octanol–water partition coefficient (Wildman–Crippen LogP) is 4.75. The zero-order valence-corrected chi connectivity index (χ0v) is 16.2. The molecule has 17 heavy (non-hydrogen) atoms. The first-order valence-corrected chi connectivity index (χ1v) is 8.11. The van der Waals surface area contributed by atoms with Crippen LogP contribution in [0.4, 0.5) is 0 Å². The molecule has 0 saturated carbocycles. The first-order chi connectivity index (χ1) is 7.81. The topological polar surface area (TPSA) is 12.0 Å². The van der Waals surface area contributed by atoms with Crippen LogP contribution in [0.5, 0.6) is 0 Å². The molecular formula is C13H27NS2Zn. The summed E-state index contributed by atoms with van der Waals surface area (Å²) >= 11 is 7.07. The molecule has 0 amide bonds. The minimum atomic E-state index is 0. The van der Waals surface area contributed by atoms with Gasteiger partial charge < -0.3 is 5.32 Å². The second-order valence-electron chi connectivity index (χ2n) is 4.18. The molecule has 1 N–H and O–H groups in total. The maximum Gasteiger partial charge on any atom is 0.133 e. The first kappa shape index (κ1) is 20.2. The molecule has 0 aromatic rings. The number of nitrogens with one attached hydrogen (secondary N) is 1. The Balaban J connectivity index is 0. The molecule has 0 atom stereocenters. The number of hydrogen-bond acceptors (Lipinski definition) is 2. The van der Waals surface area contributed by atoms with Gasteiger partial charge in [-0.3, -0.25) is 0 Å². The van der Waals surface area contributed by atoms with Gasteiger partial charge in [-0.1, -0.05) is 76.4 Å². The Morgan fingerprint density at radius 2 is 1.53 bits per heavy atom. The smallest absolute Gasteiger partial charge is 0.133 e. The van der Waals surface area contributed by atoms with Gasteiger partial charge >= 0.3 is 0 Å². The van der Waals surface area contributed by atoms with E-state index < -0.39 is 0 Å². The Morgan fingerprint density at radius 3 is 2.12 bits per heavy atom. The monoisotopic (exact) mass is 325 g/mol. The van der Waals surface area contributed by atoms with Crippen molar-refractivity contribution in [3.63, 3.8) is 0 Å². The molecule has 0 bridgehead atoms. The third kappa shape index (κ3) is 16.9. The molecule has 1 nitrogen and oxygen atoms in total. The first-order valence-electron chi connectivity index (χ1n) is 6.71. The van der Waals surface area contributed by atoms with E-state index in [0.29, 0.717) is 0 Å². The van der Waals surface area contributed by atoms with Crippen molar-refractivity contribution < 1.29 is 19.5 Å². The molecule has 0 aliphatic carbocycles. The maximum atomic E-state index is 5.26. The van der Waals surface area contributed by atoms with Crippen molar-refractivity contribution >= 4 is 28.3 Å². The molecule has 0 radical (unpaired) electrons. The molecule has 98 valence electrons. The van der Waals surface area contributed by atoms with Crippen LogP contribution in [0.15, 0.2) is 0 Å². The van der Waals surface area contributed by atoms with Crippen LogP contribution in [0.1, 0.15) is 65.2 Å². The van der Waals surface area contributed by atoms with Crippen molar-refractivity contribution in [1.82, 2.24) is 5.32 Å². The predicted molar refractivity (Wildman–Crippen MR) is 81.3 cm³/mol. The van der Waals surface area contributed by atoms with Gasteiger partial charge in [-0.05, 0) is 12.8 Å². The molecule has 0 aliphatic rings. The van der Waals surface area contributed by atoms with Gasteiger partial charge in [0, 0.05) is 31.8 Å². The van der Waals surface area contributed by atoms with Crippen LogP contribution in [0, 0.1) is 0 Å². The normalized spacial score (nSPS) is 9.76. The Hall–Kier alpha value is 0.863. The zero-order chi connectivity index (χ0) is 12.1. The quantitative estimate of drug-likeness (QED) is 0.353. The third-order valence-electron chi connectivity index (χ3n) is 2.53. The molecule has 0 aliphatic heterocycles. The largest absolute Gasteiger partial charge is 0.371 e. The molecule has 0 unspecified atom stereocenters. The summed E-state index contributed by atoms with van der Waals surface area (Å²) in [7, 11) is 0. The minimum Gasteiger partial charge on any atom is -0.371 e. The van der Waals surface area contributed by atoms with Crippen LogP contribution in [-0.2, 0) is 19.5 Å². The van der Waals surface area contributed by atoms with Crippen molar-refractivity contribution in [2.45, 2.75) is 65.2 Å². The summed E-state index contributed by atoms with van der Waals surface area (Å²) in [6.45, 7) is 5.54. The van der Waals surface area contributed by atoms with Crippen LogP contribution in [0.3, 0.4) is 0 Å². The van der Waals surface area contributed by atoms with Crippen LogP contribution in [0.25, 0.3) is 0 Å². The molecule has 0 aromatic heterocycles. The van der Waals surface area contributed by atoms with E-state index in [-0.39, 0.29) is 19.5 Å². The van der Waals surface area contributed by atoms with E-state index in [2.05, 4.69) is 19.2 Å². The molecule has 4 heteroatoms. The Bertz CT molecular complexity index is 149. The van der Waals surface area contributed by atoms with E-state index in [1.165, 1.54) is 57.1 Å². The van der Waals surface area contributed by atoms with Crippen molar-refractivity contribution in [2.75, 3.05) is 12.3 Å². The van der Waals surface area contributed by atoms with Crippen LogP contribution >= 0.6 is 24.0 Å². The fraction of sp³-hybridized carbons (Fsp3) is 0.923. The molecule has 0 heterocycles. The van der Waals surface area contributed by atoms with Crippen molar-refractivity contribution in [2.24, 2.45) is 0 Å². The Morgan fingerprint density at radius 1 is 0.941 bits per heavy atom. The molecule has 0 aromatic carbocycles. The van der Waals surface area contributed by atoms with Gasteiger partial charge in [0.2, 0.25) is 0 Å². The van der Waals surface area contributed by atoms with Gasteiger partial charge in [-0.2, -0.15) is 0 Å². The van der Waals surface area contributed by atoms with Crippen molar-refractivity contribution in [3.05, 3.63) is 0 Å². The average Bonchev–Trinajstić information content (AvgIpc) is 2.28. The summed E-state index contributed by atoms with van der Waals surface area (Å²) in [5.74, 6) is 1.18. The molecule has 0 fully saturated rings. The molecule has 0 rings (SSSR count). The van der Waals surface area contributed by atoms with Crippen LogP contribution < -0.4 is 5.32 Å². The standard InChI is InChI=1S/C13H27NS2.Zn/c1-3-5-7-9-11-14-13(15)16-12-10-8-6-4-2;/h3-12H2,1-2H3,(H,14,15);. The summed E-state index contributed by atoms with van der Waals surface area (Å²) in [6.07, 6.45) is 10.5. The number of hydrogen-bond donors (Lipinski definition) is 1.